The molecule has 27 heavy (non-hydrogen) atoms. The van der Waals surface area contributed by atoms with Gasteiger partial charge in [-0.1, -0.05) is 17.7 Å². The van der Waals surface area contributed by atoms with E-state index >= 15 is 0 Å². The topological polar surface area (TPSA) is 90.0 Å². The standard InChI is InChI=1S/C18H14ClN7O/c1-12-10-13(5-6-14(12)26-11-20-23-24-26)21-17(27)8-7-15-18(19)22-16-4-2-3-9-25(15)16/h2-11H,1H3,(H,21,27)/b8-7+. The second-order valence-corrected chi connectivity index (χ2v) is 6.15. The lowest BCUT2D eigenvalue weighted by Crippen LogP contribution is -2.08. The van der Waals surface area contributed by atoms with E-state index in [-0.39, 0.29) is 5.91 Å². The summed E-state index contributed by atoms with van der Waals surface area (Å²) in [6, 6.07) is 11.1. The Morgan fingerprint density at radius 2 is 2.15 bits per heavy atom. The van der Waals surface area contributed by atoms with Gasteiger partial charge < -0.3 is 5.32 Å². The van der Waals surface area contributed by atoms with Gasteiger partial charge in [0.05, 0.1) is 11.4 Å². The highest BCUT2D eigenvalue weighted by Gasteiger charge is 2.08. The summed E-state index contributed by atoms with van der Waals surface area (Å²) >= 11 is 6.16. The van der Waals surface area contributed by atoms with Gasteiger partial charge in [-0.15, -0.1) is 5.10 Å². The van der Waals surface area contributed by atoms with E-state index in [1.165, 1.54) is 12.4 Å². The molecule has 0 atom stereocenters. The molecule has 1 amide bonds. The van der Waals surface area contributed by atoms with Crippen molar-refractivity contribution in [1.82, 2.24) is 29.6 Å². The van der Waals surface area contributed by atoms with Crippen molar-refractivity contribution in [2.75, 3.05) is 5.32 Å². The van der Waals surface area contributed by atoms with Crippen LogP contribution in [0.4, 0.5) is 5.69 Å². The molecule has 3 aromatic heterocycles. The van der Waals surface area contributed by atoms with E-state index in [1.54, 1.807) is 16.8 Å². The Bertz CT molecular complexity index is 1150. The number of aryl methyl sites for hydroxylation is 1. The first kappa shape index (κ1) is 16.9. The van der Waals surface area contributed by atoms with E-state index in [0.29, 0.717) is 16.5 Å². The molecule has 0 unspecified atom stereocenters. The van der Waals surface area contributed by atoms with Crippen LogP contribution in [0.5, 0.6) is 0 Å². The van der Waals surface area contributed by atoms with Crippen LogP contribution in [-0.4, -0.2) is 35.5 Å². The fourth-order valence-electron chi connectivity index (χ4n) is 2.74. The van der Waals surface area contributed by atoms with Crippen molar-refractivity contribution in [2.24, 2.45) is 0 Å². The Kier molecular flexibility index (Phi) is 4.39. The van der Waals surface area contributed by atoms with Gasteiger partial charge in [0.2, 0.25) is 5.91 Å². The zero-order chi connectivity index (χ0) is 18.8. The molecule has 9 heteroatoms. The summed E-state index contributed by atoms with van der Waals surface area (Å²) in [5.41, 5.74) is 3.80. The van der Waals surface area contributed by atoms with Crippen LogP contribution in [0, 0.1) is 6.92 Å². The van der Waals surface area contributed by atoms with Gasteiger partial charge in [-0.05, 0) is 59.3 Å². The summed E-state index contributed by atoms with van der Waals surface area (Å²) < 4.78 is 3.38. The maximum Gasteiger partial charge on any atom is 0.248 e. The van der Waals surface area contributed by atoms with Crippen molar-refractivity contribution in [1.29, 1.82) is 0 Å². The first-order chi connectivity index (χ1) is 13.1. The molecule has 0 bridgehead atoms. The number of rotatable bonds is 4. The largest absolute Gasteiger partial charge is 0.323 e. The van der Waals surface area contributed by atoms with Crippen molar-refractivity contribution in [3.63, 3.8) is 0 Å². The molecular weight excluding hydrogens is 366 g/mol. The van der Waals surface area contributed by atoms with Crippen molar-refractivity contribution in [2.45, 2.75) is 6.92 Å². The number of imidazole rings is 1. The van der Waals surface area contributed by atoms with Crippen molar-refractivity contribution < 1.29 is 4.79 Å². The van der Waals surface area contributed by atoms with Crippen LogP contribution in [0.2, 0.25) is 5.15 Å². The molecule has 0 saturated carbocycles. The monoisotopic (exact) mass is 379 g/mol. The number of hydrogen-bond donors (Lipinski definition) is 1. The van der Waals surface area contributed by atoms with E-state index in [0.717, 1.165) is 16.9 Å². The van der Waals surface area contributed by atoms with Crippen LogP contribution in [-0.2, 0) is 4.79 Å². The SMILES string of the molecule is Cc1cc(NC(=O)/C=C/c2c(Cl)nc3ccccn23)ccc1-n1cnnn1. The fourth-order valence-corrected chi connectivity index (χ4v) is 2.98. The summed E-state index contributed by atoms with van der Waals surface area (Å²) in [6.07, 6.45) is 6.42. The maximum atomic E-state index is 12.3. The molecule has 1 N–H and O–H groups in total. The van der Waals surface area contributed by atoms with Gasteiger partial charge >= 0.3 is 0 Å². The average Bonchev–Trinajstić information content (AvgIpc) is 3.27. The molecule has 0 radical (unpaired) electrons. The number of carbonyl (C=O) groups excluding carboxylic acids is 1. The third-order valence-corrected chi connectivity index (χ3v) is 4.25. The zero-order valence-corrected chi connectivity index (χ0v) is 15.0. The number of nitrogens with zero attached hydrogens (tertiary/aromatic N) is 6. The van der Waals surface area contributed by atoms with Crippen molar-refractivity contribution in [3.05, 3.63) is 71.4 Å². The van der Waals surface area contributed by atoms with Crippen molar-refractivity contribution >= 4 is 34.9 Å². The highest BCUT2D eigenvalue weighted by molar-refractivity contribution is 6.31. The molecule has 8 nitrogen and oxygen atoms in total. The summed E-state index contributed by atoms with van der Waals surface area (Å²) in [5.74, 6) is -0.272. The number of pyridine rings is 1. The summed E-state index contributed by atoms with van der Waals surface area (Å²) in [4.78, 5) is 16.5. The first-order valence-corrected chi connectivity index (χ1v) is 8.45. The number of nitrogens with one attached hydrogen (secondary N) is 1. The number of anilines is 1. The van der Waals surface area contributed by atoms with E-state index in [2.05, 4.69) is 25.8 Å². The Balaban J connectivity index is 1.51. The average molecular weight is 380 g/mol. The molecule has 0 spiro atoms. The van der Waals surface area contributed by atoms with Crippen LogP contribution >= 0.6 is 11.6 Å². The van der Waals surface area contributed by atoms with E-state index < -0.39 is 0 Å². The predicted molar refractivity (Wildman–Crippen MR) is 102 cm³/mol. The number of benzene rings is 1. The van der Waals surface area contributed by atoms with Gasteiger partial charge in [0.15, 0.2) is 5.15 Å². The lowest BCUT2D eigenvalue weighted by atomic mass is 10.2. The second-order valence-electron chi connectivity index (χ2n) is 5.79. The van der Waals surface area contributed by atoms with Gasteiger partial charge in [0.1, 0.15) is 12.0 Å². The Labute approximate surface area is 159 Å². The lowest BCUT2D eigenvalue weighted by Gasteiger charge is -2.08. The number of carbonyl (C=O) groups is 1. The van der Waals surface area contributed by atoms with E-state index in [9.17, 15) is 4.79 Å². The molecule has 0 aliphatic rings. The molecule has 0 aliphatic heterocycles. The number of tetrazole rings is 1. The van der Waals surface area contributed by atoms with E-state index in [4.69, 9.17) is 11.6 Å². The number of halogens is 1. The molecule has 4 rings (SSSR count). The fraction of sp³-hybridized carbons (Fsp3) is 0.0556. The normalized spacial score (nSPS) is 11.3. The molecule has 0 aliphatic carbocycles. The minimum Gasteiger partial charge on any atom is -0.323 e. The Hall–Kier alpha value is -3.52. The quantitative estimate of drug-likeness (QED) is 0.550. The predicted octanol–water partition coefficient (Wildman–Crippen LogP) is 2.92. The summed E-state index contributed by atoms with van der Waals surface area (Å²) in [5, 5.41) is 14.3. The number of amides is 1. The van der Waals surface area contributed by atoms with Crippen molar-refractivity contribution in [3.8, 4) is 5.69 Å². The molecule has 3 heterocycles. The number of aromatic nitrogens is 6. The van der Waals surface area contributed by atoms with Crippen LogP contribution in [0.1, 0.15) is 11.3 Å². The molecule has 4 aromatic rings. The van der Waals surface area contributed by atoms with Crippen LogP contribution in [0.25, 0.3) is 17.4 Å². The third-order valence-electron chi connectivity index (χ3n) is 3.97. The third kappa shape index (κ3) is 3.42. The maximum absolute atomic E-state index is 12.3. The second kappa shape index (κ2) is 7.00. The molecule has 0 fully saturated rings. The first-order valence-electron chi connectivity index (χ1n) is 8.07. The smallest absolute Gasteiger partial charge is 0.248 e. The Morgan fingerprint density at radius 3 is 2.93 bits per heavy atom. The number of hydrogen-bond acceptors (Lipinski definition) is 5. The number of fused-ring (bicyclic) bond motifs is 1. The highest BCUT2D eigenvalue weighted by Crippen LogP contribution is 2.20. The van der Waals surface area contributed by atoms with Gasteiger partial charge in [-0.2, -0.15) is 0 Å². The van der Waals surface area contributed by atoms with Gasteiger partial charge in [0, 0.05) is 18.0 Å². The van der Waals surface area contributed by atoms with E-state index in [1.807, 2.05) is 47.9 Å². The Morgan fingerprint density at radius 1 is 1.26 bits per heavy atom. The lowest BCUT2D eigenvalue weighted by molar-refractivity contribution is -0.111. The summed E-state index contributed by atoms with van der Waals surface area (Å²) in [6.45, 7) is 1.92. The van der Waals surface area contributed by atoms with Crippen LogP contribution in [0.15, 0.2) is 55.0 Å². The van der Waals surface area contributed by atoms with Crippen LogP contribution < -0.4 is 5.32 Å². The minimum atomic E-state index is -0.272. The molecule has 0 saturated heterocycles. The molecular formula is C18H14ClN7O. The zero-order valence-electron chi connectivity index (χ0n) is 14.2. The van der Waals surface area contributed by atoms with Crippen LogP contribution in [0.3, 0.4) is 0 Å². The highest BCUT2D eigenvalue weighted by atomic mass is 35.5. The molecule has 1 aromatic carbocycles. The van der Waals surface area contributed by atoms with Gasteiger partial charge in [-0.3, -0.25) is 9.20 Å². The minimum absolute atomic E-state index is 0.272. The van der Waals surface area contributed by atoms with Gasteiger partial charge in [-0.25, -0.2) is 9.67 Å². The molecule has 134 valence electrons. The van der Waals surface area contributed by atoms with Gasteiger partial charge in [0.25, 0.3) is 0 Å². The summed E-state index contributed by atoms with van der Waals surface area (Å²) in [7, 11) is 0.